The molecule has 0 aliphatic heterocycles. The second kappa shape index (κ2) is 7.19. The van der Waals surface area contributed by atoms with E-state index in [1.54, 1.807) is 42.5 Å². The maximum atomic E-state index is 12.7. The van der Waals surface area contributed by atoms with E-state index in [9.17, 15) is 14.9 Å². The van der Waals surface area contributed by atoms with Gasteiger partial charge in [-0.3, -0.25) is 14.9 Å². The SMILES string of the molecule is Cc1c(Nc2ccccc2[N+](=O)[O-])ccc(C(=O)c2ccccc2)c1C. The summed E-state index contributed by atoms with van der Waals surface area (Å²) < 4.78 is 0. The van der Waals surface area contributed by atoms with E-state index >= 15 is 0 Å². The van der Waals surface area contributed by atoms with E-state index in [0.29, 0.717) is 16.8 Å². The number of benzene rings is 3. The third-order valence-electron chi connectivity index (χ3n) is 4.44. The van der Waals surface area contributed by atoms with Gasteiger partial charge in [0.2, 0.25) is 0 Å². The van der Waals surface area contributed by atoms with Crippen LogP contribution in [0.1, 0.15) is 27.0 Å². The fourth-order valence-electron chi connectivity index (χ4n) is 2.83. The van der Waals surface area contributed by atoms with E-state index < -0.39 is 4.92 Å². The molecule has 3 rings (SSSR count). The lowest BCUT2D eigenvalue weighted by molar-refractivity contribution is -0.383. The van der Waals surface area contributed by atoms with E-state index in [2.05, 4.69) is 5.32 Å². The molecule has 0 bridgehead atoms. The second-order valence-electron chi connectivity index (χ2n) is 6.01. The van der Waals surface area contributed by atoms with Crippen molar-refractivity contribution in [2.45, 2.75) is 13.8 Å². The van der Waals surface area contributed by atoms with Gasteiger partial charge in [-0.2, -0.15) is 0 Å². The summed E-state index contributed by atoms with van der Waals surface area (Å²) in [6.45, 7) is 3.78. The second-order valence-corrected chi connectivity index (χ2v) is 6.01. The number of ketones is 1. The normalized spacial score (nSPS) is 10.4. The zero-order chi connectivity index (χ0) is 18.7. The highest BCUT2D eigenvalue weighted by Gasteiger charge is 2.17. The molecule has 0 unspecified atom stereocenters. The summed E-state index contributed by atoms with van der Waals surface area (Å²) in [5.41, 5.74) is 4.15. The van der Waals surface area contributed by atoms with Gasteiger partial charge in [0.15, 0.2) is 5.78 Å². The maximum absolute atomic E-state index is 12.7. The van der Waals surface area contributed by atoms with Crippen LogP contribution in [0, 0.1) is 24.0 Å². The first-order chi connectivity index (χ1) is 12.5. The van der Waals surface area contributed by atoms with Crippen LogP contribution in [0.5, 0.6) is 0 Å². The molecular formula is C21H18N2O3. The minimum atomic E-state index is -0.419. The Labute approximate surface area is 151 Å². The summed E-state index contributed by atoms with van der Waals surface area (Å²) in [5, 5.41) is 14.3. The van der Waals surface area contributed by atoms with Gasteiger partial charge in [-0.25, -0.2) is 0 Å². The van der Waals surface area contributed by atoms with Crippen LogP contribution in [-0.4, -0.2) is 10.7 Å². The van der Waals surface area contributed by atoms with Crippen LogP contribution >= 0.6 is 0 Å². The molecule has 5 nitrogen and oxygen atoms in total. The van der Waals surface area contributed by atoms with Crippen molar-refractivity contribution in [1.29, 1.82) is 0 Å². The van der Waals surface area contributed by atoms with Crippen LogP contribution in [0.2, 0.25) is 0 Å². The average molecular weight is 346 g/mol. The predicted octanol–water partition coefficient (Wildman–Crippen LogP) is 5.19. The van der Waals surface area contributed by atoms with Crippen molar-refractivity contribution in [1.82, 2.24) is 0 Å². The Morgan fingerprint density at radius 1 is 0.846 bits per heavy atom. The fourth-order valence-corrected chi connectivity index (χ4v) is 2.83. The largest absolute Gasteiger partial charge is 0.350 e. The number of nitro groups is 1. The lowest BCUT2D eigenvalue weighted by atomic mass is 9.95. The zero-order valence-corrected chi connectivity index (χ0v) is 14.5. The van der Waals surface area contributed by atoms with Gasteiger partial charge in [0.05, 0.1) is 4.92 Å². The highest BCUT2D eigenvalue weighted by atomic mass is 16.6. The average Bonchev–Trinajstić information content (AvgIpc) is 2.66. The van der Waals surface area contributed by atoms with Gasteiger partial charge < -0.3 is 5.32 Å². The monoisotopic (exact) mass is 346 g/mol. The smallest absolute Gasteiger partial charge is 0.292 e. The maximum Gasteiger partial charge on any atom is 0.292 e. The summed E-state index contributed by atoms with van der Waals surface area (Å²) in [5.74, 6) is -0.0385. The van der Waals surface area contributed by atoms with Crippen LogP contribution < -0.4 is 5.32 Å². The van der Waals surface area contributed by atoms with Crippen molar-refractivity contribution >= 4 is 22.8 Å². The number of nitrogens with zero attached hydrogens (tertiary/aromatic N) is 1. The first kappa shape index (κ1) is 17.4. The highest BCUT2D eigenvalue weighted by molar-refractivity contribution is 6.10. The molecule has 0 saturated carbocycles. The number of anilines is 2. The molecule has 0 amide bonds. The summed E-state index contributed by atoms with van der Waals surface area (Å²) in [4.78, 5) is 23.5. The Kier molecular flexibility index (Phi) is 4.80. The number of nitrogens with one attached hydrogen (secondary N) is 1. The van der Waals surface area contributed by atoms with E-state index in [1.807, 2.05) is 32.0 Å². The molecule has 130 valence electrons. The summed E-state index contributed by atoms with van der Waals surface area (Å²) >= 11 is 0. The Balaban J connectivity index is 1.96. The van der Waals surface area contributed by atoms with Gasteiger partial charge in [0.1, 0.15) is 5.69 Å². The highest BCUT2D eigenvalue weighted by Crippen LogP contribution is 2.31. The third kappa shape index (κ3) is 3.32. The van der Waals surface area contributed by atoms with Crippen molar-refractivity contribution in [2.75, 3.05) is 5.32 Å². The van der Waals surface area contributed by atoms with E-state index in [0.717, 1.165) is 16.8 Å². The number of para-hydroxylation sites is 2. The molecule has 1 N–H and O–H groups in total. The predicted molar refractivity (Wildman–Crippen MR) is 102 cm³/mol. The molecule has 0 radical (unpaired) electrons. The van der Waals surface area contributed by atoms with Crippen molar-refractivity contribution < 1.29 is 9.72 Å². The Morgan fingerprint density at radius 3 is 2.19 bits per heavy atom. The van der Waals surface area contributed by atoms with Crippen molar-refractivity contribution in [3.8, 4) is 0 Å². The lowest BCUT2D eigenvalue weighted by Gasteiger charge is -2.15. The van der Waals surface area contributed by atoms with Crippen LogP contribution in [0.25, 0.3) is 0 Å². The minimum absolute atomic E-state index is 0.00833. The number of carbonyl (C=O) groups is 1. The molecule has 0 aromatic heterocycles. The molecule has 0 aliphatic carbocycles. The van der Waals surface area contributed by atoms with E-state index in [-0.39, 0.29) is 11.5 Å². The van der Waals surface area contributed by atoms with Gasteiger partial charge >= 0.3 is 0 Å². The van der Waals surface area contributed by atoms with Crippen LogP contribution in [0.15, 0.2) is 66.7 Å². The van der Waals surface area contributed by atoms with Gasteiger partial charge in [-0.1, -0.05) is 42.5 Å². The van der Waals surface area contributed by atoms with E-state index in [1.165, 1.54) is 6.07 Å². The molecular weight excluding hydrogens is 328 g/mol. The van der Waals surface area contributed by atoms with Crippen LogP contribution in [-0.2, 0) is 0 Å². The lowest BCUT2D eigenvalue weighted by Crippen LogP contribution is -2.06. The van der Waals surface area contributed by atoms with E-state index in [4.69, 9.17) is 0 Å². The fraction of sp³-hybridized carbons (Fsp3) is 0.0952. The summed E-state index contributed by atoms with van der Waals surface area (Å²) in [6, 6.07) is 19.1. The van der Waals surface area contributed by atoms with Crippen LogP contribution in [0.3, 0.4) is 0 Å². The first-order valence-electron chi connectivity index (χ1n) is 8.19. The van der Waals surface area contributed by atoms with Crippen LogP contribution in [0.4, 0.5) is 17.1 Å². The molecule has 0 spiro atoms. The zero-order valence-electron chi connectivity index (χ0n) is 14.5. The molecule has 5 heteroatoms. The quantitative estimate of drug-likeness (QED) is 0.392. The first-order valence-corrected chi connectivity index (χ1v) is 8.19. The van der Waals surface area contributed by atoms with Gasteiger partial charge in [0, 0.05) is 22.9 Å². The molecule has 3 aromatic carbocycles. The van der Waals surface area contributed by atoms with Gasteiger partial charge in [-0.05, 0) is 43.2 Å². The molecule has 0 fully saturated rings. The summed E-state index contributed by atoms with van der Waals surface area (Å²) in [6.07, 6.45) is 0. The van der Waals surface area contributed by atoms with Gasteiger partial charge in [0.25, 0.3) is 5.69 Å². The third-order valence-corrected chi connectivity index (χ3v) is 4.44. The molecule has 26 heavy (non-hydrogen) atoms. The van der Waals surface area contributed by atoms with Crippen molar-refractivity contribution in [2.24, 2.45) is 0 Å². The molecule has 0 aliphatic rings. The van der Waals surface area contributed by atoms with Crippen molar-refractivity contribution in [3.63, 3.8) is 0 Å². The number of hydrogen-bond acceptors (Lipinski definition) is 4. The Morgan fingerprint density at radius 2 is 1.50 bits per heavy atom. The van der Waals surface area contributed by atoms with Crippen molar-refractivity contribution in [3.05, 3.63) is 99.1 Å². The number of hydrogen-bond donors (Lipinski definition) is 1. The molecule has 0 atom stereocenters. The number of nitro benzene ring substituents is 1. The number of carbonyl (C=O) groups excluding carboxylic acids is 1. The molecule has 3 aromatic rings. The Hall–Kier alpha value is -3.47. The minimum Gasteiger partial charge on any atom is -0.350 e. The topological polar surface area (TPSA) is 72.2 Å². The standard InChI is InChI=1S/C21H18N2O3/c1-14-15(2)18(22-19-10-6-7-11-20(19)23(25)26)13-12-17(14)21(24)16-8-4-3-5-9-16/h3-13,22H,1-2H3. The molecule has 0 heterocycles. The number of rotatable bonds is 5. The Bertz CT molecular complexity index is 982. The van der Waals surface area contributed by atoms with Gasteiger partial charge in [-0.15, -0.1) is 0 Å². The molecule has 0 saturated heterocycles. The summed E-state index contributed by atoms with van der Waals surface area (Å²) in [7, 11) is 0.